The van der Waals surface area contributed by atoms with Crippen molar-refractivity contribution < 1.29 is 9.47 Å². The molecule has 0 amide bonds. The largest absolute Gasteiger partial charge is 0.494 e. The average Bonchev–Trinajstić information content (AvgIpc) is 2.88. The number of ether oxygens (including phenoxy) is 2. The number of nitrogens with zero attached hydrogens (tertiary/aromatic N) is 1. The molecule has 2 heterocycles. The topological polar surface area (TPSA) is 47.7 Å². The first-order chi connectivity index (χ1) is 10.2. The summed E-state index contributed by atoms with van der Waals surface area (Å²) in [4.78, 5) is 2.49. The van der Waals surface area contributed by atoms with Gasteiger partial charge in [-0.05, 0) is 50.9 Å². The van der Waals surface area contributed by atoms with Gasteiger partial charge in [0.25, 0.3) is 0 Å². The van der Waals surface area contributed by atoms with Gasteiger partial charge in [-0.1, -0.05) is 6.07 Å². The smallest absolute Gasteiger partial charge is 0.127 e. The van der Waals surface area contributed by atoms with Crippen LogP contribution in [0.1, 0.15) is 31.7 Å². The van der Waals surface area contributed by atoms with Crippen LogP contribution >= 0.6 is 0 Å². The molecule has 0 aromatic heterocycles. The van der Waals surface area contributed by atoms with Crippen molar-refractivity contribution in [3.8, 4) is 11.5 Å². The number of hydrogen-bond donors (Lipinski definition) is 1. The van der Waals surface area contributed by atoms with E-state index in [0.717, 1.165) is 63.4 Å². The number of rotatable bonds is 5. The minimum absolute atomic E-state index is 0.00639. The van der Waals surface area contributed by atoms with Gasteiger partial charge in [0, 0.05) is 25.6 Å². The van der Waals surface area contributed by atoms with Gasteiger partial charge in [0.05, 0.1) is 6.61 Å². The normalized spacial score (nSPS) is 24.9. The van der Waals surface area contributed by atoms with Crippen molar-refractivity contribution in [2.45, 2.75) is 38.2 Å². The van der Waals surface area contributed by atoms with E-state index >= 15 is 0 Å². The summed E-state index contributed by atoms with van der Waals surface area (Å²) < 4.78 is 12.0. The van der Waals surface area contributed by atoms with Crippen LogP contribution in [0.4, 0.5) is 0 Å². The summed E-state index contributed by atoms with van der Waals surface area (Å²) in [6.45, 7) is 6.72. The first kappa shape index (κ1) is 14.7. The summed E-state index contributed by atoms with van der Waals surface area (Å²) in [5.41, 5.74) is 6.93. The lowest BCUT2D eigenvalue weighted by atomic mass is 9.90. The summed E-state index contributed by atoms with van der Waals surface area (Å²) in [5, 5.41) is 0. The van der Waals surface area contributed by atoms with Crippen LogP contribution in [-0.4, -0.2) is 43.3 Å². The van der Waals surface area contributed by atoms with Gasteiger partial charge < -0.3 is 15.2 Å². The summed E-state index contributed by atoms with van der Waals surface area (Å²) in [6.07, 6.45) is 4.41. The van der Waals surface area contributed by atoms with E-state index < -0.39 is 0 Å². The Morgan fingerprint density at radius 1 is 1.38 bits per heavy atom. The minimum Gasteiger partial charge on any atom is -0.494 e. The molecule has 21 heavy (non-hydrogen) atoms. The highest BCUT2D eigenvalue weighted by molar-refractivity contribution is 5.43. The zero-order valence-electron chi connectivity index (χ0n) is 12.9. The fraction of sp³-hybridized carbons (Fsp3) is 0.647. The number of nitrogens with two attached hydrogens (primary N) is 1. The SMILES string of the molecule is CCOc1ccc2c(c1)OC1(CC2)CCN(CCCN)C1. The van der Waals surface area contributed by atoms with Crippen molar-refractivity contribution in [1.29, 1.82) is 0 Å². The van der Waals surface area contributed by atoms with E-state index in [4.69, 9.17) is 15.2 Å². The molecule has 2 aliphatic heterocycles. The maximum Gasteiger partial charge on any atom is 0.127 e. The van der Waals surface area contributed by atoms with Crippen LogP contribution < -0.4 is 15.2 Å². The average molecular weight is 290 g/mol. The van der Waals surface area contributed by atoms with Crippen LogP contribution in [0.25, 0.3) is 0 Å². The second-order valence-electron chi connectivity index (χ2n) is 6.16. The van der Waals surface area contributed by atoms with Gasteiger partial charge in [0.1, 0.15) is 17.1 Å². The zero-order valence-corrected chi connectivity index (χ0v) is 12.9. The standard InChI is InChI=1S/C17H26N2O2/c1-2-20-15-5-4-14-6-7-17(21-16(14)12-15)8-11-19(13-17)10-3-9-18/h4-5,12H,2-3,6-11,13,18H2,1H3. The molecule has 0 saturated carbocycles. The lowest BCUT2D eigenvalue weighted by Crippen LogP contribution is -2.42. The first-order valence-electron chi connectivity index (χ1n) is 8.12. The van der Waals surface area contributed by atoms with Gasteiger partial charge in [-0.2, -0.15) is 0 Å². The second kappa shape index (κ2) is 6.24. The predicted molar refractivity (Wildman–Crippen MR) is 84.0 cm³/mol. The van der Waals surface area contributed by atoms with Crippen LogP contribution in [0.2, 0.25) is 0 Å². The van der Waals surface area contributed by atoms with Gasteiger partial charge >= 0.3 is 0 Å². The molecule has 1 aromatic carbocycles. The second-order valence-corrected chi connectivity index (χ2v) is 6.16. The van der Waals surface area contributed by atoms with Crippen molar-refractivity contribution in [3.05, 3.63) is 23.8 Å². The quantitative estimate of drug-likeness (QED) is 0.903. The maximum atomic E-state index is 6.42. The molecule has 1 spiro atoms. The van der Waals surface area contributed by atoms with Gasteiger partial charge in [-0.25, -0.2) is 0 Å². The Kier molecular flexibility index (Phi) is 4.36. The van der Waals surface area contributed by atoms with E-state index in [1.165, 1.54) is 5.56 Å². The van der Waals surface area contributed by atoms with E-state index in [0.29, 0.717) is 6.61 Å². The number of likely N-dealkylation sites (tertiary alicyclic amines) is 1. The van der Waals surface area contributed by atoms with E-state index in [-0.39, 0.29) is 5.60 Å². The lowest BCUT2D eigenvalue weighted by molar-refractivity contribution is 0.0542. The van der Waals surface area contributed by atoms with Gasteiger partial charge in [0.2, 0.25) is 0 Å². The van der Waals surface area contributed by atoms with Crippen LogP contribution in [0.15, 0.2) is 18.2 Å². The minimum atomic E-state index is 0.00639. The predicted octanol–water partition coefficient (Wildman–Crippen LogP) is 2.20. The Hall–Kier alpha value is -1.26. The number of hydrogen-bond acceptors (Lipinski definition) is 4. The highest BCUT2D eigenvalue weighted by Crippen LogP contribution is 2.40. The van der Waals surface area contributed by atoms with Crippen LogP contribution in [0.3, 0.4) is 0 Å². The van der Waals surface area contributed by atoms with Crippen molar-refractivity contribution in [1.82, 2.24) is 4.90 Å². The molecule has 1 atom stereocenters. The summed E-state index contributed by atoms with van der Waals surface area (Å²) in [5.74, 6) is 1.93. The van der Waals surface area contributed by atoms with Crippen molar-refractivity contribution in [2.24, 2.45) is 5.73 Å². The molecule has 2 aliphatic rings. The zero-order chi connectivity index (χ0) is 14.7. The Morgan fingerprint density at radius 3 is 3.10 bits per heavy atom. The lowest BCUT2D eigenvalue weighted by Gasteiger charge is -2.36. The fourth-order valence-electron chi connectivity index (χ4n) is 3.46. The molecule has 4 heteroatoms. The van der Waals surface area contributed by atoms with E-state index in [9.17, 15) is 0 Å². The molecule has 4 nitrogen and oxygen atoms in total. The third kappa shape index (κ3) is 3.16. The molecule has 0 bridgehead atoms. The molecule has 1 saturated heterocycles. The Labute approximate surface area is 127 Å². The van der Waals surface area contributed by atoms with Crippen LogP contribution in [-0.2, 0) is 6.42 Å². The third-order valence-corrected chi connectivity index (χ3v) is 4.60. The molecule has 1 fully saturated rings. The Bertz CT molecular complexity index is 492. The van der Waals surface area contributed by atoms with Gasteiger partial charge in [-0.3, -0.25) is 4.90 Å². The van der Waals surface area contributed by atoms with Crippen molar-refractivity contribution in [3.63, 3.8) is 0 Å². The monoisotopic (exact) mass is 290 g/mol. The maximum absolute atomic E-state index is 6.42. The molecular formula is C17H26N2O2. The highest BCUT2D eigenvalue weighted by Gasteiger charge is 2.42. The molecule has 3 rings (SSSR count). The van der Waals surface area contributed by atoms with Crippen LogP contribution in [0.5, 0.6) is 11.5 Å². The Morgan fingerprint density at radius 2 is 2.29 bits per heavy atom. The highest BCUT2D eigenvalue weighted by atomic mass is 16.5. The molecule has 0 radical (unpaired) electrons. The number of aryl methyl sites for hydroxylation is 1. The van der Waals surface area contributed by atoms with E-state index in [1.54, 1.807) is 0 Å². The van der Waals surface area contributed by atoms with Gasteiger partial charge in [0.15, 0.2) is 0 Å². The van der Waals surface area contributed by atoms with Crippen molar-refractivity contribution in [2.75, 3.05) is 32.8 Å². The summed E-state index contributed by atoms with van der Waals surface area (Å²) >= 11 is 0. The molecule has 2 N–H and O–H groups in total. The molecular weight excluding hydrogens is 264 g/mol. The van der Waals surface area contributed by atoms with E-state index in [1.807, 2.05) is 13.0 Å². The molecule has 116 valence electrons. The molecule has 1 aromatic rings. The number of fused-ring (bicyclic) bond motifs is 1. The fourth-order valence-corrected chi connectivity index (χ4v) is 3.46. The number of benzene rings is 1. The first-order valence-corrected chi connectivity index (χ1v) is 8.12. The van der Waals surface area contributed by atoms with E-state index in [2.05, 4.69) is 17.0 Å². The third-order valence-electron chi connectivity index (χ3n) is 4.60. The molecule has 1 unspecified atom stereocenters. The van der Waals surface area contributed by atoms with Crippen LogP contribution in [0, 0.1) is 0 Å². The summed E-state index contributed by atoms with van der Waals surface area (Å²) in [6, 6.07) is 6.25. The van der Waals surface area contributed by atoms with Gasteiger partial charge in [-0.15, -0.1) is 0 Å². The van der Waals surface area contributed by atoms with Crippen molar-refractivity contribution >= 4 is 0 Å². The molecule has 0 aliphatic carbocycles. The Balaban J connectivity index is 1.70. The summed E-state index contributed by atoms with van der Waals surface area (Å²) in [7, 11) is 0.